The molecule has 3 N–H and O–H groups in total. The van der Waals surface area contributed by atoms with Gasteiger partial charge in [-0.1, -0.05) is 6.07 Å². The number of amides is 1. The van der Waals surface area contributed by atoms with Crippen molar-refractivity contribution in [3.8, 4) is 0 Å². The van der Waals surface area contributed by atoms with Crippen LogP contribution in [0.2, 0.25) is 0 Å². The summed E-state index contributed by atoms with van der Waals surface area (Å²) >= 11 is 1.57. The second kappa shape index (κ2) is 6.24. The van der Waals surface area contributed by atoms with E-state index in [0.29, 0.717) is 12.8 Å². The average molecular weight is 243 g/mol. The van der Waals surface area contributed by atoms with Gasteiger partial charge < -0.3 is 15.5 Å². The zero-order valence-electron chi connectivity index (χ0n) is 8.55. The maximum atomic E-state index is 11.3. The van der Waals surface area contributed by atoms with E-state index in [9.17, 15) is 9.59 Å². The number of carbonyl (C=O) groups is 2. The van der Waals surface area contributed by atoms with Gasteiger partial charge >= 0.3 is 5.97 Å². The minimum atomic E-state index is -1.54. The van der Waals surface area contributed by atoms with E-state index < -0.39 is 12.1 Å². The molecule has 1 unspecified atom stereocenters. The molecule has 1 amide bonds. The zero-order valence-corrected chi connectivity index (χ0v) is 9.37. The molecule has 0 spiro atoms. The van der Waals surface area contributed by atoms with Gasteiger partial charge in [0, 0.05) is 11.3 Å². The van der Waals surface area contributed by atoms with Gasteiger partial charge in [0.1, 0.15) is 0 Å². The Morgan fingerprint density at radius 3 is 2.81 bits per heavy atom. The fourth-order valence-electron chi connectivity index (χ4n) is 1.08. The molecule has 0 saturated carbocycles. The Kier molecular flexibility index (Phi) is 4.94. The molecule has 16 heavy (non-hydrogen) atoms. The van der Waals surface area contributed by atoms with Crippen LogP contribution in [0, 0.1) is 0 Å². The SMILES string of the molecule is O=C(CCc1cccs1)NCC(O)C(=O)O. The number of carboxylic acid groups (broad SMARTS) is 1. The van der Waals surface area contributed by atoms with E-state index >= 15 is 0 Å². The van der Waals surface area contributed by atoms with Gasteiger partial charge in [-0.15, -0.1) is 11.3 Å². The molecule has 0 bridgehead atoms. The number of aryl methyl sites for hydroxylation is 1. The summed E-state index contributed by atoms with van der Waals surface area (Å²) in [7, 11) is 0. The molecule has 1 rings (SSSR count). The highest BCUT2D eigenvalue weighted by atomic mass is 32.1. The molecule has 88 valence electrons. The lowest BCUT2D eigenvalue weighted by atomic mass is 10.2. The molecule has 0 fully saturated rings. The van der Waals surface area contributed by atoms with Crippen molar-refractivity contribution in [1.29, 1.82) is 0 Å². The number of carboxylic acids is 1. The molecule has 6 heteroatoms. The van der Waals surface area contributed by atoms with Gasteiger partial charge in [-0.3, -0.25) is 4.79 Å². The van der Waals surface area contributed by atoms with Crippen LogP contribution in [-0.2, 0) is 16.0 Å². The van der Waals surface area contributed by atoms with E-state index in [1.807, 2.05) is 17.5 Å². The molecule has 0 aromatic carbocycles. The Bertz CT molecular complexity index is 350. The second-order valence-corrected chi connectivity index (χ2v) is 4.27. The first-order valence-electron chi connectivity index (χ1n) is 4.79. The van der Waals surface area contributed by atoms with E-state index in [1.165, 1.54) is 0 Å². The van der Waals surface area contributed by atoms with E-state index in [4.69, 9.17) is 10.2 Å². The van der Waals surface area contributed by atoms with Crippen molar-refractivity contribution in [3.05, 3.63) is 22.4 Å². The highest BCUT2D eigenvalue weighted by Crippen LogP contribution is 2.10. The van der Waals surface area contributed by atoms with Crippen molar-refractivity contribution in [2.75, 3.05) is 6.54 Å². The molecule has 1 heterocycles. The number of aliphatic hydroxyl groups is 1. The Labute approximate surface area is 96.7 Å². The van der Waals surface area contributed by atoms with Gasteiger partial charge in [0.25, 0.3) is 0 Å². The molecule has 5 nitrogen and oxygen atoms in total. The quantitative estimate of drug-likeness (QED) is 0.668. The summed E-state index contributed by atoms with van der Waals surface area (Å²) in [5, 5.41) is 21.6. The third kappa shape index (κ3) is 4.41. The largest absolute Gasteiger partial charge is 0.479 e. The lowest BCUT2D eigenvalue weighted by Crippen LogP contribution is -2.36. The van der Waals surface area contributed by atoms with E-state index in [0.717, 1.165) is 4.88 Å². The molecular weight excluding hydrogens is 230 g/mol. The van der Waals surface area contributed by atoms with Crippen LogP contribution in [0.3, 0.4) is 0 Å². The van der Waals surface area contributed by atoms with E-state index in [-0.39, 0.29) is 12.5 Å². The summed E-state index contributed by atoms with van der Waals surface area (Å²) in [6.07, 6.45) is -0.606. The van der Waals surface area contributed by atoms with Crippen LogP contribution in [0.25, 0.3) is 0 Å². The number of aliphatic carboxylic acids is 1. The molecule has 0 aliphatic rings. The Balaban J connectivity index is 2.19. The van der Waals surface area contributed by atoms with Crippen molar-refractivity contribution in [2.24, 2.45) is 0 Å². The molecule has 1 aromatic heterocycles. The van der Waals surface area contributed by atoms with Crippen LogP contribution in [-0.4, -0.2) is 34.7 Å². The molecule has 0 aliphatic carbocycles. The van der Waals surface area contributed by atoms with Gasteiger partial charge in [0.15, 0.2) is 6.10 Å². The summed E-state index contributed by atoms with van der Waals surface area (Å²) in [5.41, 5.74) is 0. The number of nitrogens with one attached hydrogen (secondary N) is 1. The number of hydrogen-bond acceptors (Lipinski definition) is 4. The number of carbonyl (C=O) groups excluding carboxylic acids is 1. The third-order valence-electron chi connectivity index (χ3n) is 1.96. The summed E-state index contributed by atoms with van der Waals surface area (Å²) in [6.45, 7) is -0.251. The van der Waals surface area contributed by atoms with E-state index in [2.05, 4.69) is 5.32 Å². The summed E-state index contributed by atoms with van der Waals surface area (Å²) in [6, 6.07) is 3.84. The Morgan fingerprint density at radius 1 is 1.50 bits per heavy atom. The van der Waals surface area contributed by atoms with Crippen LogP contribution < -0.4 is 5.32 Å². The zero-order chi connectivity index (χ0) is 12.0. The van der Waals surface area contributed by atoms with Gasteiger partial charge in [0.05, 0.1) is 6.54 Å². The summed E-state index contributed by atoms with van der Waals surface area (Å²) in [4.78, 5) is 22.6. The number of rotatable bonds is 6. The van der Waals surface area contributed by atoms with Gasteiger partial charge in [-0.2, -0.15) is 0 Å². The highest BCUT2D eigenvalue weighted by molar-refractivity contribution is 7.09. The minimum Gasteiger partial charge on any atom is -0.479 e. The van der Waals surface area contributed by atoms with Crippen LogP contribution >= 0.6 is 11.3 Å². The first-order chi connectivity index (χ1) is 7.59. The van der Waals surface area contributed by atoms with Crippen LogP contribution in [0.15, 0.2) is 17.5 Å². The predicted octanol–water partition coefficient (Wildman–Crippen LogP) is 0.242. The highest BCUT2D eigenvalue weighted by Gasteiger charge is 2.13. The molecule has 0 radical (unpaired) electrons. The summed E-state index contributed by atoms with van der Waals surface area (Å²) in [5.74, 6) is -1.59. The lowest BCUT2D eigenvalue weighted by molar-refractivity contribution is -0.146. The van der Waals surface area contributed by atoms with Crippen LogP contribution in [0.4, 0.5) is 0 Å². The summed E-state index contributed by atoms with van der Waals surface area (Å²) < 4.78 is 0. The number of hydrogen-bond donors (Lipinski definition) is 3. The van der Waals surface area contributed by atoms with Crippen molar-refractivity contribution in [3.63, 3.8) is 0 Å². The fraction of sp³-hybridized carbons (Fsp3) is 0.400. The monoisotopic (exact) mass is 243 g/mol. The standard InChI is InChI=1S/C10H13NO4S/c12-8(10(14)15)6-11-9(13)4-3-7-2-1-5-16-7/h1-2,5,8,12H,3-4,6H2,(H,11,13)(H,14,15). The minimum absolute atomic E-state index is 0.251. The van der Waals surface area contributed by atoms with Gasteiger partial charge in [0.2, 0.25) is 5.91 Å². The smallest absolute Gasteiger partial charge is 0.334 e. The van der Waals surface area contributed by atoms with Gasteiger partial charge in [-0.25, -0.2) is 4.79 Å². The Hall–Kier alpha value is -1.40. The fourth-order valence-corrected chi connectivity index (χ4v) is 1.79. The van der Waals surface area contributed by atoms with Crippen molar-refractivity contribution in [2.45, 2.75) is 18.9 Å². The maximum absolute atomic E-state index is 11.3. The topological polar surface area (TPSA) is 86.6 Å². The lowest BCUT2D eigenvalue weighted by Gasteiger charge is -2.07. The van der Waals surface area contributed by atoms with Gasteiger partial charge in [-0.05, 0) is 17.9 Å². The van der Waals surface area contributed by atoms with Crippen molar-refractivity contribution in [1.82, 2.24) is 5.32 Å². The molecule has 0 saturated heterocycles. The number of thiophene rings is 1. The first-order valence-corrected chi connectivity index (χ1v) is 5.67. The normalized spacial score (nSPS) is 12.1. The first kappa shape index (κ1) is 12.7. The van der Waals surface area contributed by atoms with Crippen molar-refractivity contribution >= 4 is 23.2 Å². The molecular formula is C10H13NO4S. The molecule has 1 atom stereocenters. The maximum Gasteiger partial charge on any atom is 0.334 e. The van der Waals surface area contributed by atoms with Crippen LogP contribution in [0.5, 0.6) is 0 Å². The Morgan fingerprint density at radius 2 is 2.25 bits per heavy atom. The third-order valence-corrected chi connectivity index (χ3v) is 2.89. The predicted molar refractivity (Wildman–Crippen MR) is 59.3 cm³/mol. The molecule has 0 aliphatic heterocycles. The molecule has 1 aromatic rings. The van der Waals surface area contributed by atoms with Crippen LogP contribution in [0.1, 0.15) is 11.3 Å². The second-order valence-electron chi connectivity index (χ2n) is 3.24. The van der Waals surface area contributed by atoms with Crippen molar-refractivity contribution < 1.29 is 19.8 Å². The average Bonchev–Trinajstić information content (AvgIpc) is 2.75. The van der Waals surface area contributed by atoms with E-state index in [1.54, 1.807) is 11.3 Å². The number of aliphatic hydroxyl groups excluding tert-OH is 1.